The van der Waals surface area contributed by atoms with Crippen molar-refractivity contribution < 1.29 is 17.7 Å². The highest BCUT2D eigenvalue weighted by atomic mass is 35.5. The lowest BCUT2D eigenvalue weighted by Gasteiger charge is -2.15. The molecule has 4 nitrogen and oxygen atoms in total. The van der Waals surface area contributed by atoms with Crippen molar-refractivity contribution in [3.63, 3.8) is 0 Å². The molecule has 0 heterocycles. The second-order valence-electron chi connectivity index (χ2n) is 4.18. The van der Waals surface area contributed by atoms with Gasteiger partial charge in [-0.05, 0) is 32.0 Å². The highest BCUT2D eigenvalue weighted by Gasteiger charge is 2.16. The van der Waals surface area contributed by atoms with Crippen molar-refractivity contribution in [1.29, 1.82) is 0 Å². The van der Waals surface area contributed by atoms with Gasteiger partial charge in [0.05, 0.1) is 36.1 Å². The van der Waals surface area contributed by atoms with Crippen molar-refractivity contribution in [2.45, 2.75) is 18.7 Å². The summed E-state index contributed by atoms with van der Waals surface area (Å²) in [5.74, 6) is -0.631. The van der Waals surface area contributed by atoms with E-state index in [1.54, 1.807) is 0 Å². The summed E-state index contributed by atoms with van der Waals surface area (Å²) in [4.78, 5) is 1.29. The smallest absolute Gasteiger partial charge is 0.240 e. The lowest BCUT2D eigenvalue weighted by atomic mass is 10.3. The summed E-state index contributed by atoms with van der Waals surface area (Å²) in [6.07, 6.45) is 0. The first kappa shape index (κ1) is 16.4. The van der Waals surface area contributed by atoms with Crippen LogP contribution in [0.5, 0.6) is 0 Å². The van der Waals surface area contributed by atoms with E-state index in [4.69, 9.17) is 11.6 Å². The lowest BCUT2D eigenvalue weighted by Crippen LogP contribution is -3.12. The van der Waals surface area contributed by atoms with Crippen LogP contribution in [0.4, 0.5) is 4.39 Å². The first-order chi connectivity index (χ1) is 8.90. The Bertz CT molecular complexity index is 518. The van der Waals surface area contributed by atoms with Gasteiger partial charge in [-0.2, -0.15) is 0 Å². The molecule has 0 unspecified atom stereocenters. The van der Waals surface area contributed by atoms with E-state index >= 15 is 0 Å². The minimum absolute atomic E-state index is 0.0200. The lowest BCUT2D eigenvalue weighted by molar-refractivity contribution is -0.895. The Morgan fingerprint density at radius 3 is 2.47 bits per heavy atom. The Kier molecular flexibility index (Phi) is 6.19. The quantitative estimate of drug-likeness (QED) is 0.778. The fourth-order valence-corrected chi connectivity index (χ4v) is 3.00. The predicted molar refractivity (Wildman–Crippen MR) is 73.5 cm³/mol. The van der Waals surface area contributed by atoms with Crippen LogP contribution in [-0.2, 0) is 10.0 Å². The summed E-state index contributed by atoms with van der Waals surface area (Å²) >= 11 is 5.58. The molecule has 0 aliphatic rings. The van der Waals surface area contributed by atoms with E-state index in [1.165, 1.54) is 11.0 Å². The summed E-state index contributed by atoms with van der Waals surface area (Å²) in [6.45, 7) is 7.04. The molecule has 2 N–H and O–H groups in total. The van der Waals surface area contributed by atoms with Crippen molar-refractivity contribution in [2.24, 2.45) is 0 Å². The number of hydrogen-bond acceptors (Lipinski definition) is 2. The fraction of sp³-hybridized carbons (Fsp3) is 0.500. The number of sulfonamides is 1. The Labute approximate surface area is 118 Å². The molecule has 0 saturated heterocycles. The van der Waals surface area contributed by atoms with Crippen LogP contribution in [0.3, 0.4) is 0 Å². The monoisotopic (exact) mass is 309 g/mol. The molecule has 1 aromatic rings. The van der Waals surface area contributed by atoms with Crippen LogP contribution in [0.25, 0.3) is 0 Å². The third kappa shape index (κ3) is 4.72. The van der Waals surface area contributed by atoms with E-state index in [1.807, 2.05) is 13.8 Å². The van der Waals surface area contributed by atoms with Gasteiger partial charge in [0.2, 0.25) is 10.0 Å². The third-order valence-electron chi connectivity index (χ3n) is 2.97. The first-order valence-electron chi connectivity index (χ1n) is 6.19. The molecule has 0 fully saturated rings. The standard InChI is InChI=1S/C12H18ClFN2O2S/c1-3-16(4-2)8-7-15-19(17,18)10-5-6-12(14)11(13)9-10/h5-6,9,15H,3-4,7-8H2,1-2H3/p+1. The van der Waals surface area contributed by atoms with Gasteiger partial charge in [0.15, 0.2) is 0 Å². The maximum Gasteiger partial charge on any atom is 0.240 e. The molecule has 0 radical (unpaired) electrons. The summed E-state index contributed by atoms with van der Waals surface area (Å²) in [6, 6.07) is 3.36. The molecule has 1 aromatic carbocycles. The third-order valence-corrected chi connectivity index (χ3v) is 4.72. The number of benzene rings is 1. The van der Waals surface area contributed by atoms with Gasteiger partial charge in [0.1, 0.15) is 5.82 Å². The van der Waals surface area contributed by atoms with Crippen LogP contribution >= 0.6 is 11.6 Å². The summed E-state index contributed by atoms with van der Waals surface area (Å²) in [5.41, 5.74) is 0. The fourth-order valence-electron chi connectivity index (χ4n) is 1.69. The predicted octanol–water partition coefficient (Wildman–Crippen LogP) is 0.682. The second-order valence-corrected chi connectivity index (χ2v) is 6.35. The van der Waals surface area contributed by atoms with Gasteiger partial charge in [-0.15, -0.1) is 0 Å². The molecule has 0 amide bonds. The molecule has 0 atom stereocenters. The molecule has 0 bridgehead atoms. The number of quaternary nitrogens is 1. The average molecular weight is 310 g/mol. The van der Waals surface area contributed by atoms with E-state index in [0.717, 1.165) is 25.2 Å². The maximum atomic E-state index is 13.0. The Hall–Kier alpha value is -0.690. The second kappa shape index (κ2) is 7.19. The largest absolute Gasteiger partial charge is 0.334 e. The molecule has 0 aliphatic heterocycles. The van der Waals surface area contributed by atoms with E-state index in [0.29, 0.717) is 13.1 Å². The van der Waals surface area contributed by atoms with Crippen molar-refractivity contribution in [3.05, 3.63) is 29.0 Å². The van der Waals surface area contributed by atoms with Crippen molar-refractivity contribution in [1.82, 2.24) is 4.72 Å². The Balaban J connectivity index is 2.68. The normalized spacial score (nSPS) is 12.1. The molecule has 0 saturated carbocycles. The Morgan fingerprint density at radius 1 is 1.32 bits per heavy atom. The highest BCUT2D eigenvalue weighted by Crippen LogP contribution is 2.18. The number of nitrogens with one attached hydrogen (secondary N) is 2. The van der Waals surface area contributed by atoms with Crippen LogP contribution < -0.4 is 9.62 Å². The molecule has 1 rings (SSSR count). The topological polar surface area (TPSA) is 50.6 Å². The minimum Gasteiger partial charge on any atom is -0.334 e. The van der Waals surface area contributed by atoms with Gasteiger partial charge in [0.25, 0.3) is 0 Å². The highest BCUT2D eigenvalue weighted by molar-refractivity contribution is 7.89. The van der Waals surface area contributed by atoms with Crippen LogP contribution in [0.2, 0.25) is 5.02 Å². The van der Waals surface area contributed by atoms with Gasteiger partial charge in [-0.3, -0.25) is 0 Å². The molecule has 0 spiro atoms. The SMILES string of the molecule is CC[NH+](CC)CCNS(=O)(=O)c1ccc(F)c(Cl)c1. The molecular weight excluding hydrogens is 291 g/mol. The van der Waals surface area contributed by atoms with Crippen molar-refractivity contribution in [3.8, 4) is 0 Å². The van der Waals surface area contributed by atoms with Crippen molar-refractivity contribution in [2.75, 3.05) is 26.2 Å². The zero-order valence-corrected chi connectivity index (χ0v) is 12.6. The molecule has 0 aliphatic carbocycles. The van der Waals surface area contributed by atoms with E-state index in [-0.39, 0.29) is 9.92 Å². The molecule has 7 heteroatoms. The number of rotatable bonds is 7. The summed E-state index contributed by atoms with van der Waals surface area (Å²) in [5, 5.41) is -0.197. The van der Waals surface area contributed by atoms with Gasteiger partial charge in [-0.1, -0.05) is 11.6 Å². The molecule has 108 valence electrons. The van der Waals surface area contributed by atoms with Crippen LogP contribution in [-0.4, -0.2) is 34.6 Å². The summed E-state index contributed by atoms with van der Waals surface area (Å²) in [7, 11) is -3.63. The summed E-state index contributed by atoms with van der Waals surface area (Å²) < 4.78 is 39.4. The van der Waals surface area contributed by atoms with Gasteiger partial charge < -0.3 is 4.90 Å². The van der Waals surface area contributed by atoms with Crippen LogP contribution in [0.1, 0.15) is 13.8 Å². The zero-order valence-electron chi connectivity index (χ0n) is 11.0. The van der Waals surface area contributed by atoms with Gasteiger partial charge in [-0.25, -0.2) is 17.5 Å². The first-order valence-corrected chi connectivity index (χ1v) is 8.05. The van der Waals surface area contributed by atoms with Crippen molar-refractivity contribution >= 4 is 21.6 Å². The molecule has 0 aromatic heterocycles. The van der Waals surface area contributed by atoms with Gasteiger partial charge in [0, 0.05) is 0 Å². The number of likely N-dealkylation sites (N-methyl/N-ethyl adjacent to an activating group) is 1. The van der Waals surface area contributed by atoms with E-state index in [2.05, 4.69) is 4.72 Å². The number of halogens is 2. The molecule has 19 heavy (non-hydrogen) atoms. The average Bonchev–Trinajstić information content (AvgIpc) is 2.37. The van der Waals surface area contributed by atoms with E-state index in [9.17, 15) is 12.8 Å². The van der Waals surface area contributed by atoms with Crippen LogP contribution in [0.15, 0.2) is 23.1 Å². The Morgan fingerprint density at radius 2 is 1.95 bits per heavy atom. The van der Waals surface area contributed by atoms with E-state index < -0.39 is 15.8 Å². The van der Waals surface area contributed by atoms with Gasteiger partial charge >= 0.3 is 0 Å². The maximum absolute atomic E-state index is 13.0. The molecular formula is C12H19ClFN2O2S+. The van der Waals surface area contributed by atoms with Crippen LogP contribution in [0, 0.1) is 5.82 Å². The number of hydrogen-bond donors (Lipinski definition) is 2. The minimum atomic E-state index is -3.63. The zero-order chi connectivity index (χ0) is 14.5.